The molecular weight excluding hydrogens is 344 g/mol. The molecule has 0 saturated carbocycles. The maximum Gasteiger partial charge on any atom is 0.294 e. The second-order valence-corrected chi connectivity index (χ2v) is 6.76. The second kappa shape index (κ2) is 6.04. The van der Waals surface area contributed by atoms with Crippen molar-refractivity contribution < 1.29 is 18.1 Å². The van der Waals surface area contributed by atoms with Crippen LogP contribution < -0.4 is 11.5 Å². The standard InChI is InChI=1S/C16H14N4O4S/c17-10-2-4-15(14(18)6-10)20-19-11-3-1-9-5-12(25(22,23)24)8-16(21)13(9)7-11/h1-8,21H,17-18H2,(H,22,23,24)/b20-19+. The molecule has 0 heterocycles. The van der Waals surface area contributed by atoms with Crippen molar-refractivity contribution in [2.24, 2.45) is 10.2 Å². The zero-order valence-corrected chi connectivity index (χ0v) is 13.6. The van der Waals surface area contributed by atoms with Crippen molar-refractivity contribution in [3.8, 4) is 5.75 Å². The molecular formula is C16H14N4O4S. The molecule has 0 atom stereocenters. The van der Waals surface area contributed by atoms with Gasteiger partial charge >= 0.3 is 0 Å². The highest BCUT2D eigenvalue weighted by molar-refractivity contribution is 7.85. The summed E-state index contributed by atoms with van der Waals surface area (Å²) < 4.78 is 31.5. The second-order valence-electron chi connectivity index (χ2n) is 5.34. The third-order valence-electron chi connectivity index (χ3n) is 3.51. The fraction of sp³-hybridized carbons (Fsp3) is 0. The maximum atomic E-state index is 11.2. The van der Waals surface area contributed by atoms with Crippen molar-refractivity contribution in [1.82, 2.24) is 0 Å². The summed E-state index contributed by atoms with van der Waals surface area (Å²) in [6.45, 7) is 0. The fourth-order valence-corrected chi connectivity index (χ4v) is 2.82. The quantitative estimate of drug-likeness (QED) is 0.320. The number of anilines is 2. The molecule has 0 radical (unpaired) electrons. The SMILES string of the molecule is Nc1ccc(/N=N/c2ccc3cc(S(=O)(=O)O)cc(O)c3c2)c(N)c1. The van der Waals surface area contributed by atoms with E-state index in [1.807, 2.05) is 0 Å². The third-order valence-corrected chi connectivity index (χ3v) is 4.34. The van der Waals surface area contributed by atoms with Gasteiger partial charge in [0.2, 0.25) is 0 Å². The van der Waals surface area contributed by atoms with Crippen molar-refractivity contribution in [1.29, 1.82) is 0 Å². The first kappa shape index (κ1) is 16.7. The average molecular weight is 358 g/mol. The molecule has 128 valence electrons. The Bertz CT molecular complexity index is 1110. The molecule has 9 heteroatoms. The van der Waals surface area contributed by atoms with Crippen LogP contribution in [0, 0.1) is 0 Å². The molecule has 25 heavy (non-hydrogen) atoms. The van der Waals surface area contributed by atoms with Crippen LogP contribution in [0.4, 0.5) is 22.7 Å². The summed E-state index contributed by atoms with van der Waals surface area (Å²) in [7, 11) is -4.41. The van der Waals surface area contributed by atoms with E-state index in [1.54, 1.807) is 30.3 Å². The van der Waals surface area contributed by atoms with Crippen LogP contribution in [0.15, 0.2) is 63.7 Å². The fourth-order valence-electron chi connectivity index (χ4n) is 2.29. The molecule has 0 unspecified atom stereocenters. The number of hydrogen-bond acceptors (Lipinski definition) is 7. The first-order valence-corrected chi connectivity index (χ1v) is 8.49. The topological polar surface area (TPSA) is 151 Å². The number of hydrogen-bond donors (Lipinski definition) is 4. The van der Waals surface area contributed by atoms with Crippen LogP contribution >= 0.6 is 0 Å². The molecule has 0 aromatic heterocycles. The number of aromatic hydroxyl groups is 1. The van der Waals surface area contributed by atoms with Gasteiger partial charge in [0.15, 0.2) is 0 Å². The molecule has 0 amide bonds. The molecule has 0 aliphatic carbocycles. The van der Waals surface area contributed by atoms with Crippen LogP contribution in [-0.2, 0) is 10.1 Å². The number of fused-ring (bicyclic) bond motifs is 1. The molecule has 6 N–H and O–H groups in total. The van der Waals surface area contributed by atoms with Crippen LogP contribution in [0.2, 0.25) is 0 Å². The smallest absolute Gasteiger partial charge is 0.294 e. The summed E-state index contributed by atoms with van der Waals surface area (Å²) in [4.78, 5) is -0.387. The van der Waals surface area contributed by atoms with Crippen molar-refractivity contribution in [3.63, 3.8) is 0 Å². The summed E-state index contributed by atoms with van der Waals surface area (Å²) in [5.74, 6) is -0.297. The van der Waals surface area contributed by atoms with Gasteiger partial charge in [-0.15, -0.1) is 5.11 Å². The van der Waals surface area contributed by atoms with Crippen molar-refractivity contribution in [2.45, 2.75) is 4.90 Å². The zero-order chi connectivity index (χ0) is 18.2. The summed E-state index contributed by atoms with van der Waals surface area (Å²) in [5, 5.41) is 18.9. The Hall–Kier alpha value is -3.17. The van der Waals surface area contributed by atoms with Crippen molar-refractivity contribution >= 4 is 43.6 Å². The number of nitrogen functional groups attached to an aromatic ring is 2. The molecule has 0 aliphatic heterocycles. The van der Waals surface area contributed by atoms with Crippen LogP contribution in [0.1, 0.15) is 0 Å². The minimum Gasteiger partial charge on any atom is -0.507 e. The highest BCUT2D eigenvalue weighted by Crippen LogP contribution is 2.33. The Morgan fingerprint density at radius 2 is 1.68 bits per heavy atom. The van der Waals surface area contributed by atoms with Gasteiger partial charge in [-0.1, -0.05) is 6.07 Å². The molecule has 3 aromatic rings. The highest BCUT2D eigenvalue weighted by atomic mass is 32.2. The van der Waals surface area contributed by atoms with E-state index in [1.165, 1.54) is 12.1 Å². The number of phenolic OH excluding ortho intramolecular Hbond substituents is 1. The summed E-state index contributed by atoms with van der Waals surface area (Å²) >= 11 is 0. The molecule has 0 aliphatic rings. The zero-order valence-electron chi connectivity index (χ0n) is 12.8. The van der Waals surface area contributed by atoms with E-state index in [-0.39, 0.29) is 10.6 Å². The Labute approximate surface area is 143 Å². The predicted molar refractivity (Wildman–Crippen MR) is 94.9 cm³/mol. The number of nitrogens with two attached hydrogens (primary N) is 2. The van der Waals surface area contributed by atoms with Gasteiger partial charge in [-0.05, 0) is 41.8 Å². The first-order valence-electron chi connectivity index (χ1n) is 7.05. The van der Waals surface area contributed by atoms with Crippen molar-refractivity contribution in [2.75, 3.05) is 11.5 Å². The van der Waals surface area contributed by atoms with Gasteiger partial charge in [0, 0.05) is 17.1 Å². The highest BCUT2D eigenvalue weighted by Gasteiger charge is 2.13. The molecule has 3 rings (SSSR count). The lowest BCUT2D eigenvalue weighted by Crippen LogP contribution is -1.97. The van der Waals surface area contributed by atoms with Gasteiger partial charge in [0.1, 0.15) is 11.4 Å². The van der Waals surface area contributed by atoms with Gasteiger partial charge in [0.25, 0.3) is 10.1 Å². The monoisotopic (exact) mass is 358 g/mol. The number of rotatable bonds is 3. The van der Waals surface area contributed by atoms with E-state index in [2.05, 4.69) is 10.2 Å². The number of benzene rings is 3. The van der Waals surface area contributed by atoms with Gasteiger partial charge in [0.05, 0.1) is 16.3 Å². The number of phenols is 1. The summed E-state index contributed by atoms with van der Waals surface area (Å²) in [6.07, 6.45) is 0. The lowest BCUT2D eigenvalue weighted by molar-refractivity contribution is 0.471. The number of nitrogens with zero attached hydrogens (tertiary/aromatic N) is 2. The minimum absolute atomic E-state index is 0.297. The van der Waals surface area contributed by atoms with Crippen LogP contribution in [0.25, 0.3) is 10.8 Å². The van der Waals surface area contributed by atoms with Gasteiger partial charge in [-0.25, -0.2) is 0 Å². The van der Waals surface area contributed by atoms with E-state index in [0.29, 0.717) is 33.5 Å². The molecule has 3 aromatic carbocycles. The normalized spacial score (nSPS) is 12.0. The maximum absolute atomic E-state index is 11.2. The molecule has 0 fully saturated rings. The van der Waals surface area contributed by atoms with Gasteiger partial charge in [-0.3, -0.25) is 4.55 Å². The largest absolute Gasteiger partial charge is 0.507 e. The van der Waals surface area contributed by atoms with Crippen LogP contribution in [0.5, 0.6) is 5.75 Å². The third kappa shape index (κ3) is 3.52. The van der Waals surface area contributed by atoms with Gasteiger partial charge < -0.3 is 16.6 Å². The Morgan fingerprint density at radius 3 is 2.36 bits per heavy atom. The van der Waals surface area contributed by atoms with Crippen LogP contribution in [-0.4, -0.2) is 18.1 Å². The predicted octanol–water partition coefficient (Wildman–Crippen LogP) is 3.37. The van der Waals surface area contributed by atoms with E-state index in [9.17, 15) is 13.5 Å². The van der Waals surface area contributed by atoms with Gasteiger partial charge in [-0.2, -0.15) is 13.5 Å². The van der Waals surface area contributed by atoms with Crippen molar-refractivity contribution in [3.05, 3.63) is 48.5 Å². The lowest BCUT2D eigenvalue weighted by atomic mass is 10.1. The molecule has 0 spiro atoms. The van der Waals surface area contributed by atoms with E-state index in [4.69, 9.17) is 16.0 Å². The Kier molecular flexibility index (Phi) is 4.03. The van der Waals surface area contributed by atoms with E-state index < -0.39 is 10.1 Å². The van der Waals surface area contributed by atoms with E-state index >= 15 is 0 Å². The minimum atomic E-state index is -4.41. The summed E-state index contributed by atoms with van der Waals surface area (Å²) in [5.41, 5.74) is 13.2. The molecule has 0 bridgehead atoms. The Balaban J connectivity index is 2.01. The van der Waals surface area contributed by atoms with E-state index in [0.717, 1.165) is 6.07 Å². The summed E-state index contributed by atoms with van der Waals surface area (Å²) in [6, 6.07) is 11.8. The first-order chi connectivity index (χ1) is 11.7. The lowest BCUT2D eigenvalue weighted by Gasteiger charge is -2.05. The molecule has 0 saturated heterocycles. The molecule has 8 nitrogen and oxygen atoms in total. The number of azo groups is 1. The van der Waals surface area contributed by atoms with Crippen LogP contribution in [0.3, 0.4) is 0 Å². The average Bonchev–Trinajstić information content (AvgIpc) is 2.53. The Morgan fingerprint density at radius 1 is 0.920 bits per heavy atom.